The Labute approximate surface area is 352 Å². The molecular weight excluding hydrogens is 753 g/mol. The van der Waals surface area contributed by atoms with Gasteiger partial charge in [0.2, 0.25) is 11.8 Å². The second-order valence-electron chi connectivity index (χ2n) is 18.1. The van der Waals surface area contributed by atoms with Crippen LogP contribution in [-0.4, -0.2) is 87.0 Å². The van der Waals surface area contributed by atoms with Crippen LogP contribution in [0.15, 0.2) is 60.8 Å². The van der Waals surface area contributed by atoms with Gasteiger partial charge in [-0.15, -0.1) is 0 Å². The molecule has 9 rings (SSSR count). The van der Waals surface area contributed by atoms with E-state index in [0.29, 0.717) is 18.4 Å². The SMILES string of the molecule is CN[C@H](C(=O)N1CCC[C@H]1c1ncc(-c2ccc(-c3ccc(-c4ccc5[nH]c([C@@H]6CCCN6C(=O)[C@@H](NC(=O)OC)C(C)C)nc5c4)c4c3[C@@H]3CC[C@H]4C3)cc2)[nH]1)C(C)C. The Bertz CT molecular complexity index is 2420. The summed E-state index contributed by atoms with van der Waals surface area (Å²) in [5.41, 5.74) is 11.8. The van der Waals surface area contributed by atoms with Crippen LogP contribution < -0.4 is 10.6 Å². The Morgan fingerprint density at radius 2 is 1.32 bits per heavy atom. The van der Waals surface area contributed by atoms with Crippen LogP contribution in [0.1, 0.15) is 119 Å². The van der Waals surface area contributed by atoms with E-state index in [4.69, 9.17) is 14.7 Å². The maximum Gasteiger partial charge on any atom is 0.407 e. The lowest BCUT2D eigenvalue weighted by Crippen LogP contribution is -2.51. The molecule has 6 atom stereocenters. The Morgan fingerprint density at radius 1 is 0.733 bits per heavy atom. The minimum absolute atomic E-state index is 0.0402. The Morgan fingerprint density at radius 3 is 1.93 bits per heavy atom. The summed E-state index contributed by atoms with van der Waals surface area (Å²) in [6.07, 6.45) is 8.50. The van der Waals surface area contributed by atoms with Crippen molar-refractivity contribution in [3.05, 3.63) is 83.6 Å². The molecule has 3 amide bonds. The molecule has 0 radical (unpaired) electrons. The van der Waals surface area contributed by atoms with E-state index < -0.39 is 12.1 Å². The summed E-state index contributed by atoms with van der Waals surface area (Å²) in [5, 5.41) is 5.96. The fraction of sp³-hybridized carbons (Fsp3) is 0.479. The van der Waals surface area contributed by atoms with E-state index in [9.17, 15) is 14.4 Å². The van der Waals surface area contributed by atoms with Gasteiger partial charge in [0.1, 0.15) is 17.7 Å². The first-order chi connectivity index (χ1) is 29.0. The highest BCUT2D eigenvalue weighted by molar-refractivity contribution is 5.88. The molecule has 60 heavy (non-hydrogen) atoms. The van der Waals surface area contributed by atoms with Crippen LogP contribution in [0.2, 0.25) is 0 Å². The highest BCUT2D eigenvalue weighted by Gasteiger charge is 2.41. The van der Waals surface area contributed by atoms with Crippen molar-refractivity contribution in [3.8, 4) is 33.5 Å². The van der Waals surface area contributed by atoms with E-state index in [1.165, 1.54) is 54.2 Å². The number of likely N-dealkylation sites (N-methyl/N-ethyl adjacent to an activating group) is 1. The summed E-state index contributed by atoms with van der Waals surface area (Å²) in [6, 6.07) is 18.9. The first-order valence-electron chi connectivity index (χ1n) is 22.0. The summed E-state index contributed by atoms with van der Waals surface area (Å²) in [7, 11) is 3.18. The van der Waals surface area contributed by atoms with Gasteiger partial charge in [0.15, 0.2) is 0 Å². The molecule has 3 fully saturated rings. The number of nitrogens with one attached hydrogen (secondary N) is 4. The number of aromatic amines is 2. The number of benzene rings is 3. The number of rotatable bonds is 11. The van der Waals surface area contributed by atoms with E-state index in [1.54, 1.807) is 0 Å². The Balaban J connectivity index is 0.962. The number of H-pyrrole nitrogens is 2. The van der Waals surface area contributed by atoms with Crippen molar-refractivity contribution in [3.63, 3.8) is 0 Å². The molecule has 5 aromatic rings. The lowest BCUT2D eigenvalue weighted by Gasteiger charge is -2.29. The average Bonchev–Trinajstić information content (AvgIpc) is 4.12. The second-order valence-corrected chi connectivity index (χ2v) is 18.1. The number of hydrogen-bond acceptors (Lipinski definition) is 7. The van der Waals surface area contributed by atoms with Crippen molar-refractivity contribution in [1.29, 1.82) is 0 Å². The van der Waals surface area contributed by atoms with Crippen molar-refractivity contribution in [2.75, 3.05) is 27.2 Å². The van der Waals surface area contributed by atoms with E-state index in [0.717, 1.165) is 71.7 Å². The molecule has 4 heterocycles. The van der Waals surface area contributed by atoms with Gasteiger partial charge in [0.05, 0.1) is 48.2 Å². The number of carbonyl (C=O) groups excluding carboxylic acids is 3. The van der Waals surface area contributed by atoms with Crippen molar-refractivity contribution in [2.45, 2.75) is 109 Å². The molecule has 2 aromatic heterocycles. The highest BCUT2D eigenvalue weighted by Crippen LogP contribution is 2.58. The average molecular weight is 811 g/mol. The predicted octanol–water partition coefficient (Wildman–Crippen LogP) is 8.60. The van der Waals surface area contributed by atoms with Crippen LogP contribution in [0.3, 0.4) is 0 Å². The summed E-state index contributed by atoms with van der Waals surface area (Å²) in [4.78, 5) is 60.2. The molecule has 4 aliphatic rings. The number of likely N-dealkylation sites (tertiary alicyclic amines) is 2. The third kappa shape index (κ3) is 7.06. The van der Waals surface area contributed by atoms with Gasteiger partial charge in [0, 0.05) is 13.1 Å². The van der Waals surface area contributed by atoms with Gasteiger partial charge in [-0.05, 0) is 127 Å². The largest absolute Gasteiger partial charge is 0.453 e. The molecule has 2 aliphatic heterocycles. The molecule has 0 spiro atoms. The monoisotopic (exact) mass is 810 g/mol. The summed E-state index contributed by atoms with van der Waals surface area (Å²) in [6.45, 7) is 9.39. The zero-order valence-corrected chi connectivity index (χ0v) is 35.7. The minimum Gasteiger partial charge on any atom is -0.453 e. The van der Waals surface area contributed by atoms with E-state index >= 15 is 0 Å². The Hall–Kier alpha value is -5.49. The van der Waals surface area contributed by atoms with Crippen LogP contribution in [0.25, 0.3) is 44.5 Å². The zero-order chi connectivity index (χ0) is 41.8. The fourth-order valence-corrected chi connectivity index (χ4v) is 10.8. The molecule has 1 saturated carbocycles. The third-order valence-corrected chi connectivity index (χ3v) is 13.8. The standard InChI is InChI=1S/C48H58N8O4/c1-26(2)42(49-5)46(57)55-21-7-9-38(55)44-50-25-37(53-44)29-13-11-28(12-14-29)33-18-19-34(41-32-16-15-31(23-32)40(33)41)30-17-20-35-36(24-30)52-45(51-35)39-10-8-22-56(39)47(58)43(27(3)4)54-48(59)60-6/h11-14,17-20,24-27,31-32,38-39,42-43,49H,7-10,15-16,21-23H2,1-6H3,(H,50,53)(H,51,52)(H,54,59)/t31-,32+,38+,39+,42+,43+/m1/s1. The van der Waals surface area contributed by atoms with E-state index in [2.05, 4.69) is 89.0 Å². The Kier molecular flexibility index (Phi) is 10.8. The number of fused-ring (bicyclic) bond motifs is 6. The number of amides is 3. The molecule has 0 unspecified atom stereocenters. The predicted molar refractivity (Wildman–Crippen MR) is 233 cm³/mol. The number of ether oxygens (including phenoxy) is 1. The number of carbonyl (C=O) groups is 3. The quantitative estimate of drug-likeness (QED) is 0.104. The molecule has 12 nitrogen and oxygen atoms in total. The van der Waals surface area contributed by atoms with E-state index in [-0.39, 0.29) is 41.8 Å². The molecule has 2 saturated heterocycles. The van der Waals surface area contributed by atoms with Gasteiger partial charge in [-0.2, -0.15) is 0 Å². The lowest BCUT2D eigenvalue weighted by molar-refractivity contribution is -0.136. The number of aromatic nitrogens is 4. The van der Waals surface area contributed by atoms with Crippen LogP contribution in [0.5, 0.6) is 0 Å². The van der Waals surface area contributed by atoms with Gasteiger partial charge in [0.25, 0.3) is 0 Å². The molecule has 12 heteroatoms. The molecule has 2 bridgehead atoms. The normalized spacial score (nSPS) is 21.9. The van der Waals surface area contributed by atoms with Crippen molar-refractivity contribution >= 4 is 28.9 Å². The molecule has 2 aliphatic carbocycles. The summed E-state index contributed by atoms with van der Waals surface area (Å²) < 4.78 is 4.82. The number of alkyl carbamates (subject to hydrolysis) is 1. The third-order valence-electron chi connectivity index (χ3n) is 13.8. The minimum atomic E-state index is -0.675. The first kappa shape index (κ1) is 39.9. The highest BCUT2D eigenvalue weighted by atomic mass is 16.5. The van der Waals surface area contributed by atoms with Gasteiger partial charge in [-0.1, -0.05) is 70.2 Å². The van der Waals surface area contributed by atoms with Gasteiger partial charge in [-0.25, -0.2) is 14.8 Å². The zero-order valence-electron chi connectivity index (χ0n) is 35.7. The lowest BCUT2D eigenvalue weighted by atomic mass is 9.81. The molecule has 3 aromatic carbocycles. The number of hydrogen-bond donors (Lipinski definition) is 4. The maximum atomic E-state index is 13.8. The summed E-state index contributed by atoms with van der Waals surface area (Å²) >= 11 is 0. The van der Waals surface area contributed by atoms with Gasteiger partial charge in [-0.3, -0.25) is 9.59 Å². The fourth-order valence-electron chi connectivity index (χ4n) is 10.8. The molecule has 4 N–H and O–H groups in total. The van der Waals surface area contributed by atoms with E-state index in [1.807, 2.05) is 36.9 Å². The van der Waals surface area contributed by atoms with Crippen molar-refractivity contribution in [1.82, 2.24) is 40.4 Å². The topological polar surface area (TPSA) is 148 Å². The second kappa shape index (κ2) is 16.2. The molecule has 314 valence electrons. The van der Waals surface area contributed by atoms with Crippen molar-refractivity contribution in [2.24, 2.45) is 11.8 Å². The van der Waals surface area contributed by atoms with Gasteiger partial charge < -0.3 is 35.1 Å². The number of nitrogens with zero attached hydrogens (tertiary/aromatic N) is 4. The van der Waals surface area contributed by atoms with Crippen LogP contribution >= 0.6 is 0 Å². The van der Waals surface area contributed by atoms with Crippen LogP contribution in [0, 0.1) is 11.8 Å². The van der Waals surface area contributed by atoms with Gasteiger partial charge >= 0.3 is 6.09 Å². The van der Waals surface area contributed by atoms with Crippen LogP contribution in [-0.2, 0) is 14.3 Å². The van der Waals surface area contributed by atoms with Crippen molar-refractivity contribution < 1.29 is 19.1 Å². The first-order valence-corrected chi connectivity index (χ1v) is 22.0. The van der Waals surface area contributed by atoms with Crippen LogP contribution in [0.4, 0.5) is 4.79 Å². The number of methoxy groups -OCH3 is 1. The smallest absolute Gasteiger partial charge is 0.407 e. The number of imidazole rings is 2. The molecular formula is C48H58N8O4. The maximum absolute atomic E-state index is 13.8. The summed E-state index contributed by atoms with van der Waals surface area (Å²) in [5.74, 6) is 2.89.